The van der Waals surface area contributed by atoms with Crippen LogP contribution in [0.3, 0.4) is 0 Å². The van der Waals surface area contributed by atoms with E-state index >= 15 is 0 Å². The van der Waals surface area contributed by atoms with Crippen molar-refractivity contribution in [3.05, 3.63) is 41.1 Å². The summed E-state index contributed by atoms with van der Waals surface area (Å²) < 4.78 is 13.4. The molecule has 1 nitrogen and oxygen atoms in total. The second kappa shape index (κ2) is 7.44. The summed E-state index contributed by atoms with van der Waals surface area (Å²) in [6.45, 7) is 4.61. The predicted molar refractivity (Wildman–Crippen MR) is 71.3 cm³/mol. The van der Waals surface area contributed by atoms with Crippen LogP contribution in [0.1, 0.15) is 25.7 Å². The zero-order chi connectivity index (χ0) is 11.8. The number of nitrogens with one attached hydrogen (secondary N) is 1. The van der Waals surface area contributed by atoms with E-state index in [1.54, 1.807) is 12.1 Å². The monoisotopic (exact) mass is 285 g/mol. The van der Waals surface area contributed by atoms with E-state index in [4.69, 9.17) is 0 Å². The summed E-state index contributed by atoms with van der Waals surface area (Å²) in [4.78, 5) is 0. The first-order chi connectivity index (χ1) is 7.74. The number of benzene rings is 1. The van der Waals surface area contributed by atoms with Crippen LogP contribution < -0.4 is 5.32 Å². The van der Waals surface area contributed by atoms with Gasteiger partial charge in [0, 0.05) is 12.2 Å². The quantitative estimate of drug-likeness (QED) is 0.563. The summed E-state index contributed by atoms with van der Waals surface area (Å²) in [5.74, 6) is -0.225. The zero-order valence-electron chi connectivity index (χ0n) is 9.31. The van der Waals surface area contributed by atoms with E-state index in [2.05, 4.69) is 27.8 Å². The molecule has 1 N–H and O–H groups in total. The van der Waals surface area contributed by atoms with E-state index in [-0.39, 0.29) is 5.82 Å². The van der Waals surface area contributed by atoms with Crippen molar-refractivity contribution >= 4 is 21.6 Å². The molecule has 1 rings (SSSR count). The van der Waals surface area contributed by atoms with Gasteiger partial charge in [-0.05, 0) is 53.4 Å². The van der Waals surface area contributed by atoms with Gasteiger partial charge < -0.3 is 5.32 Å². The van der Waals surface area contributed by atoms with E-state index in [0.29, 0.717) is 4.47 Å². The summed E-state index contributed by atoms with van der Waals surface area (Å²) in [5.41, 5.74) is 0.956. The largest absolute Gasteiger partial charge is 0.385 e. The van der Waals surface area contributed by atoms with Gasteiger partial charge in [-0.15, -0.1) is 6.58 Å². The molecule has 0 atom stereocenters. The minimum Gasteiger partial charge on any atom is -0.385 e. The molecule has 0 saturated heterocycles. The average molecular weight is 286 g/mol. The fourth-order valence-electron chi connectivity index (χ4n) is 1.43. The van der Waals surface area contributed by atoms with Crippen LogP contribution in [0.15, 0.2) is 35.3 Å². The lowest BCUT2D eigenvalue weighted by Crippen LogP contribution is -2.01. The first-order valence-corrected chi connectivity index (χ1v) is 6.33. The fraction of sp³-hybridized carbons (Fsp3) is 0.385. The van der Waals surface area contributed by atoms with Crippen LogP contribution >= 0.6 is 15.9 Å². The second-order valence-electron chi connectivity index (χ2n) is 3.69. The highest BCUT2D eigenvalue weighted by Gasteiger charge is 1.99. The van der Waals surface area contributed by atoms with Crippen molar-refractivity contribution in [3.63, 3.8) is 0 Å². The van der Waals surface area contributed by atoms with Gasteiger partial charge in [0.25, 0.3) is 0 Å². The lowest BCUT2D eigenvalue weighted by Gasteiger charge is -2.06. The Labute approximate surface area is 105 Å². The molecule has 0 aliphatic rings. The van der Waals surface area contributed by atoms with Crippen molar-refractivity contribution < 1.29 is 4.39 Å². The molecule has 0 aliphatic carbocycles. The van der Waals surface area contributed by atoms with Crippen molar-refractivity contribution in [2.24, 2.45) is 0 Å². The number of hydrogen-bond donors (Lipinski definition) is 1. The first kappa shape index (κ1) is 13.2. The molecule has 0 unspecified atom stereocenters. The zero-order valence-corrected chi connectivity index (χ0v) is 10.9. The lowest BCUT2D eigenvalue weighted by molar-refractivity contribution is 0.621. The van der Waals surface area contributed by atoms with Gasteiger partial charge in [0.2, 0.25) is 0 Å². The molecule has 0 heterocycles. The maximum atomic E-state index is 12.9. The Morgan fingerprint density at radius 2 is 2.12 bits per heavy atom. The van der Waals surface area contributed by atoms with Gasteiger partial charge in [-0.25, -0.2) is 4.39 Å². The first-order valence-electron chi connectivity index (χ1n) is 5.54. The van der Waals surface area contributed by atoms with Gasteiger partial charge >= 0.3 is 0 Å². The molecular formula is C13H17BrFN. The summed E-state index contributed by atoms with van der Waals surface area (Å²) >= 11 is 3.16. The fourth-order valence-corrected chi connectivity index (χ4v) is 1.81. The second-order valence-corrected chi connectivity index (χ2v) is 4.55. The van der Waals surface area contributed by atoms with E-state index in [0.717, 1.165) is 25.1 Å². The number of allylic oxidation sites excluding steroid dienone is 1. The number of unbranched alkanes of at least 4 members (excludes halogenated alkanes) is 3. The molecule has 16 heavy (non-hydrogen) atoms. The normalized spacial score (nSPS) is 10.1. The maximum Gasteiger partial charge on any atom is 0.137 e. The van der Waals surface area contributed by atoms with E-state index in [9.17, 15) is 4.39 Å². The van der Waals surface area contributed by atoms with E-state index in [1.165, 1.54) is 18.9 Å². The molecule has 0 spiro atoms. The molecule has 0 amide bonds. The number of halogens is 2. The number of hydrogen-bond acceptors (Lipinski definition) is 1. The van der Waals surface area contributed by atoms with Gasteiger partial charge in [0.1, 0.15) is 5.82 Å². The van der Waals surface area contributed by atoms with Crippen LogP contribution in [0.2, 0.25) is 0 Å². The molecule has 1 aromatic carbocycles. The van der Waals surface area contributed by atoms with E-state index in [1.807, 2.05) is 6.08 Å². The Balaban J connectivity index is 2.21. The van der Waals surface area contributed by atoms with Gasteiger partial charge in [0.05, 0.1) is 4.47 Å². The predicted octanol–water partition coefficient (Wildman–Crippen LogP) is 4.75. The molecule has 0 aliphatic heterocycles. The van der Waals surface area contributed by atoms with Crippen LogP contribution in [0.4, 0.5) is 10.1 Å². The highest BCUT2D eigenvalue weighted by atomic mass is 79.9. The molecule has 3 heteroatoms. The summed E-state index contributed by atoms with van der Waals surface area (Å²) in [6.07, 6.45) is 6.55. The van der Waals surface area contributed by atoms with Crippen LogP contribution in [-0.2, 0) is 0 Å². The van der Waals surface area contributed by atoms with Crippen LogP contribution in [0, 0.1) is 5.82 Å². The van der Waals surface area contributed by atoms with Crippen molar-refractivity contribution in [1.29, 1.82) is 0 Å². The molecular weight excluding hydrogens is 269 g/mol. The van der Waals surface area contributed by atoms with E-state index < -0.39 is 0 Å². The molecule has 0 saturated carbocycles. The van der Waals surface area contributed by atoms with Crippen molar-refractivity contribution in [3.8, 4) is 0 Å². The van der Waals surface area contributed by atoms with Gasteiger partial charge in [-0.3, -0.25) is 0 Å². The summed E-state index contributed by atoms with van der Waals surface area (Å²) in [5, 5.41) is 3.27. The van der Waals surface area contributed by atoms with Crippen molar-refractivity contribution in [1.82, 2.24) is 0 Å². The average Bonchev–Trinajstić information content (AvgIpc) is 2.28. The third-order valence-electron chi connectivity index (χ3n) is 2.33. The Morgan fingerprint density at radius 3 is 2.81 bits per heavy atom. The molecule has 0 aromatic heterocycles. The van der Waals surface area contributed by atoms with Crippen molar-refractivity contribution in [2.75, 3.05) is 11.9 Å². The minimum absolute atomic E-state index is 0.225. The Hall–Kier alpha value is -0.830. The minimum atomic E-state index is -0.225. The van der Waals surface area contributed by atoms with Gasteiger partial charge in [0.15, 0.2) is 0 Å². The SMILES string of the molecule is C=CCCCCCNc1ccc(F)c(Br)c1. The topological polar surface area (TPSA) is 12.0 Å². The van der Waals surface area contributed by atoms with Crippen LogP contribution in [-0.4, -0.2) is 6.54 Å². The highest BCUT2D eigenvalue weighted by Crippen LogP contribution is 2.19. The standard InChI is InChI=1S/C13H17BrFN/c1-2-3-4-5-6-9-16-11-7-8-13(15)12(14)10-11/h2,7-8,10,16H,1,3-6,9H2. The number of rotatable bonds is 7. The summed E-state index contributed by atoms with van der Waals surface area (Å²) in [6, 6.07) is 4.98. The Morgan fingerprint density at radius 1 is 1.31 bits per heavy atom. The maximum absolute atomic E-state index is 12.9. The Bertz CT molecular complexity index is 339. The van der Waals surface area contributed by atoms with Gasteiger partial charge in [-0.1, -0.05) is 12.5 Å². The van der Waals surface area contributed by atoms with Crippen molar-refractivity contribution in [2.45, 2.75) is 25.7 Å². The van der Waals surface area contributed by atoms with Crippen LogP contribution in [0.5, 0.6) is 0 Å². The molecule has 0 fully saturated rings. The molecule has 88 valence electrons. The third kappa shape index (κ3) is 4.79. The lowest BCUT2D eigenvalue weighted by atomic mass is 10.2. The summed E-state index contributed by atoms with van der Waals surface area (Å²) in [7, 11) is 0. The molecule has 0 radical (unpaired) electrons. The molecule has 1 aromatic rings. The highest BCUT2D eigenvalue weighted by molar-refractivity contribution is 9.10. The van der Waals surface area contributed by atoms with Crippen LogP contribution in [0.25, 0.3) is 0 Å². The Kier molecular flexibility index (Phi) is 6.16. The smallest absolute Gasteiger partial charge is 0.137 e. The molecule has 0 bridgehead atoms. The third-order valence-corrected chi connectivity index (χ3v) is 2.94. The van der Waals surface area contributed by atoms with Gasteiger partial charge in [-0.2, -0.15) is 0 Å². The number of anilines is 1.